The Morgan fingerprint density at radius 3 is 2.81 bits per heavy atom. The summed E-state index contributed by atoms with van der Waals surface area (Å²) in [5, 5.41) is 13.8. The summed E-state index contributed by atoms with van der Waals surface area (Å²) in [5.74, 6) is -0.238. The van der Waals surface area contributed by atoms with E-state index in [-0.39, 0.29) is 0 Å². The second-order valence-corrected chi connectivity index (χ2v) is 6.37. The lowest BCUT2D eigenvalue weighted by atomic mass is 10.1. The maximum Gasteiger partial charge on any atom is 0.341 e. The molecule has 26 heavy (non-hydrogen) atoms. The van der Waals surface area contributed by atoms with Gasteiger partial charge in [-0.3, -0.25) is 5.43 Å². The lowest BCUT2D eigenvalue weighted by molar-refractivity contribution is -0.139. The zero-order valence-corrected chi connectivity index (χ0v) is 15.0. The summed E-state index contributed by atoms with van der Waals surface area (Å²) in [6.07, 6.45) is 0. The average molecular weight is 371 g/mol. The molecule has 0 fully saturated rings. The van der Waals surface area contributed by atoms with Gasteiger partial charge in [-0.25, -0.2) is 9.78 Å². The van der Waals surface area contributed by atoms with Crippen LogP contribution in [0.5, 0.6) is 11.5 Å². The SMILES string of the molecule is COc1cc(/C(C)=N\Nc2nc3ccccc3s2)ccc1OCC(=O)O. The number of aromatic nitrogens is 1. The van der Waals surface area contributed by atoms with Crippen LogP contribution in [0.4, 0.5) is 5.13 Å². The Hall–Kier alpha value is -3.13. The number of fused-ring (bicyclic) bond motifs is 1. The standard InChI is InChI=1S/C18H17N3O4S/c1-11(20-21-18-19-13-5-3-4-6-16(13)26-18)12-7-8-14(15(9-12)24-2)25-10-17(22)23/h3-9H,10H2,1-2H3,(H,19,21)(H,22,23)/b20-11-. The molecule has 2 aromatic carbocycles. The number of nitrogens with zero attached hydrogens (tertiary/aromatic N) is 2. The minimum absolute atomic E-state index is 0.366. The molecule has 7 nitrogen and oxygen atoms in total. The molecule has 8 heteroatoms. The van der Waals surface area contributed by atoms with Crippen molar-refractivity contribution in [3.8, 4) is 11.5 Å². The topological polar surface area (TPSA) is 93.0 Å². The van der Waals surface area contributed by atoms with Crippen molar-refractivity contribution in [1.29, 1.82) is 0 Å². The van der Waals surface area contributed by atoms with E-state index in [9.17, 15) is 4.79 Å². The molecule has 3 aromatic rings. The number of hydrogen-bond donors (Lipinski definition) is 2. The first-order chi connectivity index (χ1) is 12.6. The van der Waals surface area contributed by atoms with Crippen molar-refractivity contribution in [2.45, 2.75) is 6.92 Å². The van der Waals surface area contributed by atoms with Crippen molar-refractivity contribution in [3.63, 3.8) is 0 Å². The van der Waals surface area contributed by atoms with E-state index in [2.05, 4.69) is 15.5 Å². The van der Waals surface area contributed by atoms with Crippen molar-refractivity contribution < 1.29 is 19.4 Å². The van der Waals surface area contributed by atoms with Gasteiger partial charge in [0, 0.05) is 5.56 Å². The maximum atomic E-state index is 10.6. The lowest BCUT2D eigenvalue weighted by Crippen LogP contribution is -2.10. The number of para-hydroxylation sites is 1. The van der Waals surface area contributed by atoms with Crippen LogP contribution in [0.3, 0.4) is 0 Å². The normalized spacial score (nSPS) is 11.4. The minimum atomic E-state index is -1.05. The maximum absolute atomic E-state index is 10.6. The second kappa shape index (κ2) is 7.83. The van der Waals surface area contributed by atoms with E-state index in [0.717, 1.165) is 21.5 Å². The zero-order chi connectivity index (χ0) is 18.5. The molecular formula is C18H17N3O4S. The molecule has 0 atom stereocenters. The van der Waals surface area contributed by atoms with Crippen LogP contribution >= 0.6 is 11.3 Å². The molecule has 1 heterocycles. The van der Waals surface area contributed by atoms with Gasteiger partial charge in [-0.2, -0.15) is 5.10 Å². The number of thiazole rings is 1. The molecule has 0 aliphatic heterocycles. The number of carbonyl (C=O) groups is 1. The van der Waals surface area contributed by atoms with Crippen LogP contribution in [0.2, 0.25) is 0 Å². The summed E-state index contributed by atoms with van der Waals surface area (Å²) in [4.78, 5) is 15.1. The lowest BCUT2D eigenvalue weighted by Gasteiger charge is -2.11. The Kier molecular flexibility index (Phi) is 5.33. The second-order valence-electron chi connectivity index (χ2n) is 5.34. The molecule has 134 valence electrons. The highest BCUT2D eigenvalue weighted by Gasteiger charge is 2.09. The largest absolute Gasteiger partial charge is 0.493 e. The fraction of sp³-hybridized carbons (Fsp3) is 0.167. The molecule has 0 bridgehead atoms. The van der Waals surface area contributed by atoms with Crippen molar-refractivity contribution in [2.75, 3.05) is 19.1 Å². The van der Waals surface area contributed by atoms with Gasteiger partial charge in [0.25, 0.3) is 0 Å². The molecule has 0 aliphatic carbocycles. The van der Waals surface area contributed by atoms with Crippen LogP contribution in [0.25, 0.3) is 10.2 Å². The number of anilines is 1. The Labute approximate surface area is 153 Å². The monoisotopic (exact) mass is 371 g/mol. The van der Waals surface area contributed by atoms with E-state index in [1.54, 1.807) is 18.2 Å². The van der Waals surface area contributed by atoms with Gasteiger partial charge in [-0.15, -0.1) is 0 Å². The highest BCUT2D eigenvalue weighted by Crippen LogP contribution is 2.29. The van der Waals surface area contributed by atoms with Gasteiger partial charge >= 0.3 is 5.97 Å². The summed E-state index contributed by atoms with van der Waals surface area (Å²) in [5.41, 5.74) is 5.44. The number of rotatable bonds is 7. The highest BCUT2D eigenvalue weighted by molar-refractivity contribution is 7.22. The Morgan fingerprint density at radius 1 is 1.27 bits per heavy atom. The predicted molar refractivity (Wildman–Crippen MR) is 102 cm³/mol. The number of aliphatic carboxylic acids is 1. The number of carboxylic acid groups (broad SMARTS) is 1. The van der Waals surface area contributed by atoms with Gasteiger partial charge in [-0.05, 0) is 37.3 Å². The summed E-state index contributed by atoms with van der Waals surface area (Å²) in [6, 6.07) is 13.1. The smallest absolute Gasteiger partial charge is 0.341 e. The third-order valence-electron chi connectivity index (χ3n) is 3.55. The summed E-state index contributed by atoms with van der Waals surface area (Å²) >= 11 is 1.52. The molecule has 0 saturated carbocycles. The minimum Gasteiger partial charge on any atom is -0.493 e. The molecule has 0 unspecified atom stereocenters. The number of methoxy groups -OCH3 is 1. The number of benzene rings is 2. The molecule has 0 saturated heterocycles. The van der Waals surface area contributed by atoms with E-state index in [4.69, 9.17) is 14.6 Å². The first kappa shape index (κ1) is 17.7. The Bertz CT molecular complexity index is 935. The molecule has 0 spiro atoms. The van der Waals surface area contributed by atoms with Gasteiger partial charge in [0.2, 0.25) is 5.13 Å². The van der Waals surface area contributed by atoms with Gasteiger partial charge in [0.15, 0.2) is 18.1 Å². The number of carboxylic acids is 1. The highest BCUT2D eigenvalue weighted by atomic mass is 32.1. The third kappa shape index (κ3) is 4.09. The van der Waals surface area contributed by atoms with Gasteiger partial charge in [-0.1, -0.05) is 23.5 Å². The van der Waals surface area contributed by atoms with E-state index < -0.39 is 12.6 Å². The van der Waals surface area contributed by atoms with Gasteiger partial charge < -0.3 is 14.6 Å². The van der Waals surface area contributed by atoms with E-state index in [1.807, 2.05) is 31.2 Å². The number of ether oxygens (including phenoxy) is 2. The van der Waals surface area contributed by atoms with Crippen LogP contribution in [-0.2, 0) is 4.79 Å². The van der Waals surface area contributed by atoms with E-state index in [1.165, 1.54) is 18.4 Å². The molecule has 2 N–H and O–H groups in total. The van der Waals surface area contributed by atoms with Crippen molar-refractivity contribution in [2.24, 2.45) is 5.10 Å². The molecule has 0 radical (unpaired) electrons. The van der Waals surface area contributed by atoms with Crippen molar-refractivity contribution in [3.05, 3.63) is 48.0 Å². The average Bonchev–Trinajstić information content (AvgIpc) is 3.07. The molecule has 0 amide bonds. The number of hydrogen-bond acceptors (Lipinski definition) is 7. The third-order valence-corrected chi connectivity index (χ3v) is 4.49. The fourth-order valence-corrected chi connectivity index (χ4v) is 3.08. The number of nitrogens with one attached hydrogen (secondary N) is 1. The summed E-state index contributed by atoms with van der Waals surface area (Å²) < 4.78 is 11.6. The Balaban J connectivity index is 1.76. The van der Waals surface area contributed by atoms with E-state index >= 15 is 0 Å². The quantitative estimate of drug-likeness (QED) is 0.487. The van der Waals surface area contributed by atoms with Crippen LogP contribution in [0.15, 0.2) is 47.6 Å². The predicted octanol–water partition coefficient (Wildman–Crippen LogP) is 3.60. The van der Waals surface area contributed by atoms with Crippen LogP contribution < -0.4 is 14.9 Å². The van der Waals surface area contributed by atoms with Crippen LogP contribution in [0.1, 0.15) is 12.5 Å². The first-order valence-corrected chi connectivity index (χ1v) is 8.57. The molecular weight excluding hydrogens is 354 g/mol. The number of hydrazone groups is 1. The van der Waals surface area contributed by atoms with Crippen LogP contribution in [0, 0.1) is 0 Å². The summed E-state index contributed by atoms with van der Waals surface area (Å²) in [6.45, 7) is 1.43. The van der Waals surface area contributed by atoms with Gasteiger partial charge in [0.05, 0.1) is 23.0 Å². The molecule has 0 aliphatic rings. The molecule has 3 rings (SSSR count). The molecule has 1 aromatic heterocycles. The van der Waals surface area contributed by atoms with Crippen molar-refractivity contribution in [1.82, 2.24) is 4.98 Å². The fourth-order valence-electron chi connectivity index (χ4n) is 2.27. The van der Waals surface area contributed by atoms with Crippen molar-refractivity contribution >= 4 is 38.4 Å². The summed E-state index contributed by atoms with van der Waals surface area (Å²) in [7, 11) is 1.50. The van der Waals surface area contributed by atoms with Gasteiger partial charge in [0.1, 0.15) is 0 Å². The van der Waals surface area contributed by atoms with Crippen LogP contribution in [-0.4, -0.2) is 35.5 Å². The Morgan fingerprint density at radius 2 is 2.08 bits per heavy atom. The first-order valence-electron chi connectivity index (χ1n) is 7.75. The zero-order valence-electron chi connectivity index (χ0n) is 14.2. The van der Waals surface area contributed by atoms with E-state index in [0.29, 0.717) is 16.6 Å².